The summed E-state index contributed by atoms with van der Waals surface area (Å²) in [4.78, 5) is 12.5. The Kier molecular flexibility index (Phi) is 6.40. The predicted octanol–water partition coefficient (Wildman–Crippen LogP) is 2.50. The maximum Gasteiger partial charge on any atom is 0.261 e. The fraction of sp³-hybridized carbons (Fsp3) is 0.381. The Morgan fingerprint density at radius 3 is 2.33 bits per heavy atom. The van der Waals surface area contributed by atoms with Crippen LogP contribution in [0.15, 0.2) is 42.5 Å². The van der Waals surface area contributed by atoms with Gasteiger partial charge in [-0.15, -0.1) is 0 Å². The highest BCUT2D eigenvalue weighted by atomic mass is 32.2. The number of benzene rings is 2. The highest BCUT2D eigenvalue weighted by Gasteiger charge is 2.20. The first-order valence-electron chi connectivity index (χ1n) is 9.55. The average Bonchev–Trinajstić information content (AvgIpc) is 2.72. The van der Waals surface area contributed by atoms with Gasteiger partial charge < -0.3 is 19.5 Å². The van der Waals surface area contributed by atoms with Crippen LogP contribution < -0.4 is 23.8 Å². The van der Waals surface area contributed by atoms with Crippen molar-refractivity contribution in [1.82, 2.24) is 5.32 Å². The fourth-order valence-corrected chi connectivity index (χ4v) is 3.43. The van der Waals surface area contributed by atoms with Crippen LogP contribution >= 0.6 is 0 Å². The first-order chi connectivity index (χ1) is 14.1. The maximum atomic E-state index is 12.5. The molecule has 8 nitrogen and oxygen atoms in total. The van der Waals surface area contributed by atoms with E-state index in [1.165, 1.54) is 11.4 Å². The van der Waals surface area contributed by atoms with Crippen LogP contribution in [0.4, 0.5) is 5.69 Å². The summed E-state index contributed by atoms with van der Waals surface area (Å²) < 4.78 is 41.2. The third kappa shape index (κ3) is 5.15. The molecule has 9 heteroatoms. The number of nitrogens with zero attached hydrogens (tertiary/aromatic N) is 1. The van der Waals surface area contributed by atoms with Gasteiger partial charge in [0.2, 0.25) is 10.0 Å². The van der Waals surface area contributed by atoms with Crippen LogP contribution in [0.3, 0.4) is 0 Å². The molecule has 1 aliphatic rings. The zero-order valence-electron chi connectivity index (χ0n) is 17.4. The molecule has 1 amide bonds. The molecule has 0 unspecified atom stereocenters. The third-order valence-corrected chi connectivity index (χ3v) is 6.01. The zero-order chi connectivity index (χ0) is 21.9. The summed E-state index contributed by atoms with van der Waals surface area (Å²) in [6.45, 7) is 4.56. The quantitative estimate of drug-likeness (QED) is 0.720. The summed E-state index contributed by atoms with van der Waals surface area (Å²) in [5.41, 5.74) is 1.40. The van der Waals surface area contributed by atoms with Crippen molar-refractivity contribution in [2.24, 2.45) is 0 Å². The van der Waals surface area contributed by atoms with Gasteiger partial charge in [-0.1, -0.05) is 6.07 Å². The molecule has 30 heavy (non-hydrogen) atoms. The van der Waals surface area contributed by atoms with Crippen molar-refractivity contribution in [3.63, 3.8) is 0 Å². The fourth-order valence-electron chi connectivity index (χ4n) is 2.93. The molecule has 162 valence electrons. The number of fused-ring (bicyclic) bond motifs is 1. The van der Waals surface area contributed by atoms with E-state index in [4.69, 9.17) is 14.2 Å². The lowest BCUT2D eigenvalue weighted by Crippen LogP contribution is -2.37. The van der Waals surface area contributed by atoms with E-state index in [2.05, 4.69) is 5.32 Å². The second-order valence-corrected chi connectivity index (χ2v) is 9.13. The number of nitrogens with one attached hydrogen (secondary N) is 1. The summed E-state index contributed by atoms with van der Waals surface area (Å²) in [6, 6.07) is 11.9. The Balaban J connectivity index is 1.59. The Labute approximate surface area is 176 Å². The predicted molar refractivity (Wildman–Crippen MR) is 114 cm³/mol. The molecule has 0 aromatic heterocycles. The molecule has 0 radical (unpaired) electrons. The van der Waals surface area contributed by atoms with Crippen LogP contribution in [0.2, 0.25) is 0 Å². The number of amides is 1. The van der Waals surface area contributed by atoms with Crippen LogP contribution in [0, 0.1) is 0 Å². The van der Waals surface area contributed by atoms with Crippen LogP contribution in [-0.2, 0) is 14.8 Å². The number of carbonyl (C=O) groups excluding carboxylic acids is 1. The Hall–Kier alpha value is -2.94. The number of ether oxygens (including phenoxy) is 3. The van der Waals surface area contributed by atoms with Gasteiger partial charge in [0.15, 0.2) is 17.6 Å². The summed E-state index contributed by atoms with van der Waals surface area (Å²) >= 11 is 0. The van der Waals surface area contributed by atoms with E-state index in [-0.39, 0.29) is 11.9 Å². The van der Waals surface area contributed by atoms with Gasteiger partial charge in [0.05, 0.1) is 18.0 Å². The van der Waals surface area contributed by atoms with Crippen molar-refractivity contribution in [3.8, 4) is 17.2 Å². The van der Waals surface area contributed by atoms with E-state index < -0.39 is 16.1 Å². The van der Waals surface area contributed by atoms with E-state index >= 15 is 0 Å². The highest BCUT2D eigenvalue weighted by molar-refractivity contribution is 7.92. The van der Waals surface area contributed by atoms with Crippen molar-refractivity contribution in [3.05, 3.63) is 48.0 Å². The Morgan fingerprint density at radius 1 is 1.07 bits per heavy atom. The standard InChI is InChI=1S/C21H26N2O6S/c1-14(16-5-10-19-20(13-16)28-12-11-27-19)22-21(24)15(2)29-18-8-6-17(7-9-18)23(3)30(4,25)26/h5-10,13-15H,11-12H2,1-4H3,(H,22,24)/t14-,15+/m1/s1. The van der Waals surface area contributed by atoms with Crippen molar-refractivity contribution >= 4 is 21.6 Å². The van der Waals surface area contributed by atoms with E-state index in [1.54, 1.807) is 31.2 Å². The van der Waals surface area contributed by atoms with Crippen LogP contribution in [0.25, 0.3) is 0 Å². The maximum absolute atomic E-state index is 12.5. The number of rotatable bonds is 7. The van der Waals surface area contributed by atoms with Crippen molar-refractivity contribution < 1.29 is 27.4 Å². The van der Waals surface area contributed by atoms with Gasteiger partial charge in [0, 0.05) is 7.05 Å². The molecule has 0 saturated heterocycles. The van der Waals surface area contributed by atoms with Crippen LogP contribution in [-0.4, -0.2) is 46.9 Å². The van der Waals surface area contributed by atoms with Crippen LogP contribution in [0.1, 0.15) is 25.5 Å². The summed E-state index contributed by atoms with van der Waals surface area (Å²) in [7, 11) is -1.87. The number of anilines is 1. The lowest BCUT2D eigenvalue weighted by Gasteiger charge is -2.22. The zero-order valence-corrected chi connectivity index (χ0v) is 18.2. The van der Waals surface area contributed by atoms with Crippen molar-refractivity contribution in [2.45, 2.75) is 26.0 Å². The molecular formula is C21H26N2O6S. The second kappa shape index (κ2) is 8.83. The molecule has 2 aromatic rings. The first-order valence-corrected chi connectivity index (χ1v) is 11.4. The molecule has 0 fully saturated rings. The van der Waals surface area contributed by atoms with Gasteiger partial charge >= 0.3 is 0 Å². The molecule has 0 aliphatic carbocycles. The number of hydrogen-bond donors (Lipinski definition) is 1. The third-order valence-electron chi connectivity index (χ3n) is 4.80. The number of sulfonamides is 1. The normalized spacial score (nSPS) is 15.1. The topological polar surface area (TPSA) is 94.2 Å². The summed E-state index contributed by atoms with van der Waals surface area (Å²) in [5.74, 6) is 1.57. The second-order valence-electron chi connectivity index (χ2n) is 7.12. The molecule has 0 bridgehead atoms. The molecule has 2 atom stereocenters. The number of hydrogen-bond acceptors (Lipinski definition) is 6. The molecule has 1 N–H and O–H groups in total. The Bertz CT molecular complexity index is 1010. The monoisotopic (exact) mass is 434 g/mol. The van der Waals surface area contributed by atoms with Crippen molar-refractivity contribution in [1.29, 1.82) is 0 Å². The smallest absolute Gasteiger partial charge is 0.261 e. The molecule has 0 spiro atoms. The molecule has 0 saturated carbocycles. The van der Waals surface area contributed by atoms with Gasteiger partial charge in [-0.25, -0.2) is 8.42 Å². The molecule has 2 aromatic carbocycles. The van der Waals surface area contributed by atoms with Crippen LogP contribution in [0.5, 0.6) is 17.2 Å². The van der Waals surface area contributed by atoms with E-state index in [0.717, 1.165) is 11.8 Å². The van der Waals surface area contributed by atoms with Gasteiger partial charge in [0.1, 0.15) is 19.0 Å². The highest BCUT2D eigenvalue weighted by Crippen LogP contribution is 2.32. The van der Waals surface area contributed by atoms with E-state index in [0.29, 0.717) is 36.1 Å². The van der Waals surface area contributed by atoms with Crippen molar-refractivity contribution in [2.75, 3.05) is 30.8 Å². The molecule has 1 aliphatic heterocycles. The van der Waals surface area contributed by atoms with Gasteiger partial charge in [-0.05, 0) is 55.8 Å². The van der Waals surface area contributed by atoms with Gasteiger partial charge in [-0.2, -0.15) is 0 Å². The largest absolute Gasteiger partial charge is 0.486 e. The summed E-state index contributed by atoms with van der Waals surface area (Å²) in [5, 5.41) is 2.92. The molecule has 3 rings (SSSR count). The Morgan fingerprint density at radius 2 is 1.70 bits per heavy atom. The number of carbonyl (C=O) groups is 1. The lowest BCUT2D eigenvalue weighted by atomic mass is 10.1. The minimum absolute atomic E-state index is 0.245. The van der Waals surface area contributed by atoms with Gasteiger partial charge in [0.25, 0.3) is 5.91 Å². The minimum atomic E-state index is -3.34. The lowest BCUT2D eigenvalue weighted by molar-refractivity contribution is -0.127. The minimum Gasteiger partial charge on any atom is -0.486 e. The van der Waals surface area contributed by atoms with E-state index in [9.17, 15) is 13.2 Å². The van der Waals surface area contributed by atoms with Gasteiger partial charge in [-0.3, -0.25) is 9.10 Å². The average molecular weight is 435 g/mol. The molecule has 1 heterocycles. The summed E-state index contributed by atoms with van der Waals surface area (Å²) in [6.07, 6.45) is 0.398. The first kappa shape index (κ1) is 21.8. The molecular weight excluding hydrogens is 408 g/mol. The SMILES string of the molecule is C[C@H](Oc1ccc(N(C)S(C)(=O)=O)cc1)C(=O)N[C@H](C)c1ccc2c(c1)OCCO2. The van der Waals surface area contributed by atoms with E-state index in [1.807, 2.05) is 25.1 Å².